The molecule has 13 unspecified atom stereocenters. The zero-order chi connectivity index (χ0) is 39.8. The summed E-state index contributed by atoms with van der Waals surface area (Å²) in [5.74, 6) is 0.744. The van der Waals surface area contributed by atoms with E-state index in [4.69, 9.17) is 0 Å². The average Bonchev–Trinajstić information content (AvgIpc) is 3.90. The predicted molar refractivity (Wildman–Crippen MR) is 227 cm³/mol. The number of fused-ring (bicyclic) bond motifs is 9. The quantitative estimate of drug-likeness (QED) is 0.153. The maximum atomic E-state index is 14.5. The van der Waals surface area contributed by atoms with Crippen molar-refractivity contribution in [2.45, 2.75) is 154 Å². The maximum Gasteiger partial charge on any atom is 0.159 e. The first-order chi connectivity index (χ1) is 26.6. The van der Waals surface area contributed by atoms with Crippen LogP contribution in [0.1, 0.15) is 131 Å². The van der Waals surface area contributed by atoms with Gasteiger partial charge in [0.05, 0.1) is 30.2 Å². The van der Waals surface area contributed by atoms with Crippen LogP contribution in [-0.2, 0) is 4.79 Å². The molecule has 0 aromatic carbocycles. The van der Waals surface area contributed by atoms with Gasteiger partial charge in [-0.3, -0.25) is 4.79 Å². The van der Waals surface area contributed by atoms with Crippen LogP contribution in [0.2, 0.25) is 0 Å². The molecule has 312 valence electrons. The monoisotopic (exact) mass is 809 g/mol. The lowest BCUT2D eigenvalue weighted by molar-refractivity contribution is -0.172. The topological polar surface area (TPSA) is 128 Å². The first-order valence-corrected chi connectivity index (χ1v) is 24.7. The van der Waals surface area contributed by atoms with E-state index >= 15 is 0 Å². The number of rotatable bonds is 3. The van der Waals surface area contributed by atoms with Crippen molar-refractivity contribution in [1.82, 2.24) is 14.9 Å². The van der Waals surface area contributed by atoms with Gasteiger partial charge in [0, 0.05) is 59.7 Å². The van der Waals surface area contributed by atoms with Gasteiger partial charge in [0.15, 0.2) is 5.78 Å². The molecule has 13 atom stereocenters. The van der Waals surface area contributed by atoms with Crippen molar-refractivity contribution in [2.75, 3.05) is 25.1 Å². The number of nitrogens with one attached hydrogen (secondary N) is 1. The number of hydrogen-bond donors (Lipinski definition) is 5. The lowest BCUT2D eigenvalue weighted by atomic mass is 9.44. The van der Waals surface area contributed by atoms with Crippen molar-refractivity contribution in [3.05, 3.63) is 41.5 Å². The maximum absolute atomic E-state index is 14.5. The molecule has 1 aromatic rings. The zero-order valence-electron chi connectivity index (χ0n) is 35.0. The lowest BCUT2D eigenvalue weighted by Crippen LogP contribution is -2.65. The van der Waals surface area contributed by atoms with Gasteiger partial charge in [-0.1, -0.05) is 80.2 Å². The summed E-state index contributed by atoms with van der Waals surface area (Å²) in [6.45, 7) is 12.0. The van der Waals surface area contributed by atoms with E-state index in [1.807, 2.05) is 47.2 Å². The summed E-state index contributed by atoms with van der Waals surface area (Å²) in [6.07, 6.45) is 20.0. The molecular weight excluding hydrogens is 739 g/mol. The molecule has 5 N–H and O–H groups in total. The van der Waals surface area contributed by atoms with Crippen LogP contribution in [-0.4, -0.2) is 84.8 Å². The lowest BCUT2D eigenvalue weighted by Gasteiger charge is -2.62. The highest BCUT2D eigenvalue weighted by atomic mass is 33.1. The van der Waals surface area contributed by atoms with Gasteiger partial charge in [0.1, 0.15) is 0 Å². The predicted octanol–water partition coefficient (Wildman–Crippen LogP) is 7.93. The second-order valence-electron chi connectivity index (χ2n) is 21.1. The van der Waals surface area contributed by atoms with Crippen molar-refractivity contribution in [2.24, 2.45) is 57.2 Å². The highest BCUT2D eigenvalue weighted by molar-refractivity contribution is 8.76. The molecule has 2 bridgehead atoms. The molecule has 0 amide bonds. The number of nitrogens with zero attached hydrogens (tertiary/aromatic N) is 2. The summed E-state index contributed by atoms with van der Waals surface area (Å²) in [5, 5.41) is 52.1. The number of hydrogen-bond acceptors (Lipinski definition) is 9. The number of aliphatic hydroxyl groups is 4. The van der Waals surface area contributed by atoms with Crippen LogP contribution in [0.4, 0.5) is 0 Å². The molecule has 5 saturated carbocycles. The Morgan fingerprint density at radius 2 is 1.71 bits per heavy atom. The summed E-state index contributed by atoms with van der Waals surface area (Å²) in [6, 6.07) is 0.236. The van der Waals surface area contributed by atoms with Crippen molar-refractivity contribution in [3.63, 3.8) is 0 Å². The first-order valence-electron chi connectivity index (χ1n) is 22.2. The average molecular weight is 810 g/mol. The number of imidazole rings is 1. The van der Waals surface area contributed by atoms with Crippen LogP contribution in [0.5, 0.6) is 0 Å². The Hall–Kier alpha value is -1.14. The molecule has 6 fully saturated rings. The van der Waals surface area contributed by atoms with Gasteiger partial charge >= 0.3 is 0 Å². The third-order valence-corrected chi connectivity index (χ3v) is 20.2. The Morgan fingerprint density at radius 3 is 2.43 bits per heavy atom. The van der Waals surface area contributed by atoms with Crippen LogP contribution in [0, 0.1) is 57.2 Å². The van der Waals surface area contributed by atoms with Crippen LogP contribution in [0.3, 0.4) is 0 Å². The Labute approximate surface area is 344 Å². The minimum Gasteiger partial charge on any atom is -0.393 e. The molecule has 1 aromatic heterocycles. The molecular formula is C46H71N3O5S2. The smallest absolute Gasteiger partial charge is 0.159 e. The molecule has 1 saturated heterocycles. The number of carbonyl (C=O) groups is 1. The van der Waals surface area contributed by atoms with Crippen LogP contribution < -0.4 is 5.32 Å². The molecule has 1 aliphatic heterocycles. The Balaban J connectivity index is 1.19. The van der Waals surface area contributed by atoms with Gasteiger partial charge in [-0.15, -0.1) is 0 Å². The number of aliphatic hydroxyl groups excluding tert-OH is 3. The number of carbonyl (C=O) groups excluding carboxylic acids is 1. The van der Waals surface area contributed by atoms with E-state index in [2.05, 4.69) is 55.7 Å². The highest BCUT2D eigenvalue weighted by Gasteiger charge is 2.71. The highest BCUT2D eigenvalue weighted by Crippen LogP contribution is 2.71. The molecule has 8 nitrogen and oxygen atoms in total. The van der Waals surface area contributed by atoms with E-state index in [1.54, 1.807) is 5.57 Å². The van der Waals surface area contributed by atoms with E-state index in [0.717, 1.165) is 49.2 Å². The van der Waals surface area contributed by atoms with Crippen LogP contribution in [0.15, 0.2) is 41.5 Å². The fourth-order valence-electron chi connectivity index (χ4n) is 14.8. The minimum atomic E-state index is -1.21. The molecule has 6 aliphatic carbocycles. The Morgan fingerprint density at radius 1 is 0.982 bits per heavy atom. The second-order valence-corrected chi connectivity index (χ2v) is 23.6. The Kier molecular flexibility index (Phi) is 11.4. The summed E-state index contributed by atoms with van der Waals surface area (Å²) in [4.78, 5) is 19.0. The normalized spacial score (nSPS) is 46.8. The van der Waals surface area contributed by atoms with Crippen molar-refractivity contribution < 1.29 is 25.2 Å². The fourth-order valence-corrected chi connectivity index (χ4v) is 17.6. The van der Waals surface area contributed by atoms with Gasteiger partial charge in [0.25, 0.3) is 0 Å². The van der Waals surface area contributed by atoms with E-state index in [1.165, 1.54) is 50.5 Å². The molecule has 8 rings (SSSR count). The minimum absolute atomic E-state index is 0.0139. The molecule has 0 radical (unpaired) electrons. The number of ketones is 1. The van der Waals surface area contributed by atoms with Gasteiger partial charge in [-0.05, 0) is 130 Å². The van der Waals surface area contributed by atoms with Gasteiger partial charge in [-0.2, -0.15) is 0 Å². The fraction of sp³-hybridized carbons (Fsp3) is 0.826. The molecule has 56 heavy (non-hydrogen) atoms. The van der Waals surface area contributed by atoms with E-state index in [-0.39, 0.29) is 40.9 Å². The summed E-state index contributed by atoms with van der Waals surface area (Å²) < 4.78 is 2.29. The number of aromatic nitrogens is 2. The third-order valence-electron chi connectivity index (χ3n) is 17.7. The van der Waals surface area contributed by atoms with E-state index < -0.39 is 46.6 Å². The van der Waals surface area contributed by atoms with Crippen molar-refractivity contribution in [3.8, 4) is 0 Å². The largest absolute Gasteiger partial charge is 0.393 e. The first kappa shape index (κ1) is 41.6. The summed E-state index contributed by atoms with van der Waals surface area (Å²) in [7, 11) is 5.60. The van der Waals surface area contributed by atoms with Gasteiger partial charge in [0.2, 0.25) is 0 Å². The van der Waals surface area contributed by atoms with Crippen molar-refractivity contribution in [1.29, 1.82) is 0 Å². The zero-order valence-corrected chi connectivity index (χ0v) is 36.6. The molecule has 7 aliphatic rings. The third kappa shape index (κ3) is 6.68. The van der Waals surface area contributed by atoms with E-state index in [0.29, 0.717) is 24.8 Å². The van der Waals surface area contributed by atoms with Crippen LogP contribution in [0.25, 0.3) is 0 Å². The SMILES string of the molecule is CNCC1C(O)C(O)CC2(C)C3CCC4(C)C5CC(CSSCC(n6ccnc6)CC(C)(C)C(=C6CCCC7(CCCC7)C6)CC(O)C5C)C4(O)C3=CC(=O)C12. The molecule has 2 heterocycles. The summed E-state index contributed by atoms with van der Waals surface area (Å²) in [5.41, 5.74) is 1.98. The standard InChI is InChI=1S/C46H71N3O5S2/c1-28-34-18-30(46(54)36-20-38(51)40-32(24-47-6)41(53)39(52)23-43(40,4)33(36)11-15-44(34,46)5)25-55-56-26-31(49-17-16-48-27-49)22-42(2,3)35(19-37(28)50)29-10-9-14-45(21-29)12-7-8-13-45/h16-17,20,27-28,30-34,37,39-41,47,50,52-54H,7-15,18-19,21-26H2,1-6H3. The van der Waals surface area contributed by atoms with Gasteiger partial charge in [-0.25, -0.2) is 4.98 Å². The van der Waals surface area contributed by atoms with Crippen LogP contribution >= 0.6 is 21.6 Å². The summed E-state index contributed by atoms with van der Waals surface area (Å²) >= 11 is 0. The number of allylic oxidation sites excluding steroid dienone is 2. The van der Waals surface area contributed by atoms with Gasteiger partial charge < -0.3 is 30.3 Å². The van der Waals surface area contributed by atoms with E-state index in [9.17, 15) is 25.2 Å². The molecule has 10 heteroatoms. The Bertz CT molecular complexity index is 1670. The molecule has 1 spiro atoms. The second kappa shape index (κ2) is 15.4. The van der Waals surface area contributed by atoms with Crippen molar-refractivity contribution >= 4 is 27.4 Å².